The number of ether oxygens (including phenoxy) is 1. The van der Waals surface area contributed by atoms with Crippen molar-refractivity contribution in [3.05, 3.63) is 65.7 Å². The summed E-state index contributed by atoms with van der Waals surface area (Å²) in [6.45, 7) is 5.12. The molecular formula is C24H21N7OS. The lowest BCUT2D eigenvalue weighted by atomic mass is 10.1. The molecule has 1 aliphatic heterocycles. The second kappa shape index (κ2) is 9.08. The molecule has 0 radical (unpaired) electrons. The summed E-state index contributed by atoms with van der Waals surface area (Å²) in [5.74, 6) is 0. The van der Waals surface area contributed by atoms with E-state index in [4.69, 9.17) is 4.74 Å². The number of hydrogen-bond donors (Lipinski definition) is 1. The SMILES string of the molecule is Cc1c(-c2cc(Sc3ccccc3C#N)c3c(C#N)cnn3c2)cnn1C[C@H]1CNCCO1. The van der Waals surface area contributed by atoms with Crippen LogP contribution in [0.3, 0.4) is 0 Å². The van der Waals surface area contributed by atoms with Crippen LogP contribution in [0, 0.1) is 29.6 Å². The number of aromatic nitrogens is 4. The number of nitrogens with one attached hydrogen (secondary N) is 1. The highest BCUT2D eigenvalue weighted by atomic mass is 32.2. The molecule has 1 N–H and O–H groups in total. The first-order valence-corrected chi connectivity index (χ1v) is 11.4. The highest BCUT2D eigenvalue weighted by Gasteiger charge is 2.19. The van der Waals surface area contributed by atoms with Gasteiger partial charge in [-0.15, -0.1) is 0 Å². The Labute approximate surface area is 195 Å². The number of fused-ring (bicyclic) bond motifs is 1. The Morgan fingerprint density at radius 2 is 2.00 bits per heavy atom. The van der Waals surface area contributed by atoms with Crippen LogP contribution in [0.15, 0.2) is 58.7 Å². The van der Waals surface area contributed by atoms with Crippen LogP contribution >= 0.6 is 11.8 Å². The average Bonchev–Trinajstić information content (AvgIpc) is 3.43. The third-order valence-electron chi connectivity index (χ3n) is 5.72. The predicted octanol–water partition coefficient (Wildman–Crippen LogP) is 3.39. The van der Waals surface area contributed by atoms with Crippen LogP contribution in [0.1, 0.15) is 16.8 Å². The molecule has 0 amide bonds. The van der Waals surface area contributed by atoms with Gasteiger partial charge in [0.1, 0.15) is 12.1 Å². The van der Waals surface area contributed by atoms with E-state index in [1.807, 2.05) is 48.3 Å². The van der Waals surface area contributed by atoms with Crippen molar-refractivity contribution in [3.8, 4) is 23.3 Å². The van der Waals surface area contributed by atoms with Crippen LogP contribution < -0.4 is 5.32 Å². The molecular weight excluding hydrogens is 434 g/mol. The summed E-state index contributed by atoms with van der Waals surface area (Å²) in [7, 11) is 0. The van der Waals surface area contributed by atoms with E-state index in [1.165, 1.54) is 11.8 Å². The van der Waals surface area contributed by atoms with Gasteiger partial charge in [0.25, 0.3) is 0 Å². The Bertz CT molecular complexity index is 1400. The fourth-order valence-corrected chi connectivity index (χ4v) is 5.09. The monoisotopic (exact) mass is 455 g/mol. The van der Waals surface area contributed by atoms with Crippen molar-refractivity contribution in [2.75, 3.05) is 19.7 Å². The molecule has 0 saturated carbocycles. The van der Waals surface area contributed by atoms with E-state index in [1.54, 1.807) is 16.8 Å². The second-order valence-corrected chi connectivity index (χ2v) is 8.87. The molecule has 0 aliphatic carbocycles. The number of pyridine rings is 1. The van der Waals surface area contributed by atoms with Crippen LogP contribution in [-0.4, -0.2) is 45.2 Å². The van der Waals surface area contributed by atoms with Crippen LogP contribution in [0.4, 0.5) is 0 Å². The molecule has 5 rings (SSSR count). The molecule has 4 aromatic rings. The summed E-state index contributed by atoms with van der Waals surface area (Å²) in [5.41, 5.74) is 4.78. The molecule has 3 aromatic heterocycles. The molecule has 33 heavy (non-hydrogen) atoms. The van der Waals surface area contributed by atoms with E-state index in [0.717, 1.165) is 45.2 Å². The number of rotatable bonds is 5. The normalized spacial score (nSPS) is 15.9. The lowest BCUT2D eigenvalue weighted by Crippen LogP contribution is -2.41. The van der Waals surface area contributed by atoms with Gasteiger partial charge in [-0.25, -0.2) is 4.52 Å². The van der Waals surface area contributed by atoms with E-state index in [2.05, 4.69) is 27.7 Å². The van der Waals surface area contributed by atoms with Gasteiger partial charge in [0.2, 0.25) is 0 Å². The zero-order valence-corrected chi connectivity index (χ0v) is 18.8. The zero-order chi connectivity index (χ0) is 22.8. The number of nitriles is 2. The summed E-state index contributed by atoms with van der Waals surface area (Å²) in [4.78, 5) is 1.69. The van der Waals surface area contributed by atoms with Crippen molar-refractivity contribution in [2.45, 2.75) is 29.4 Å². The molecule has 4 heterocycles. The summed E-state index contributed by atoms with van der Waals surface area (Å²) < 4.78 is 9.54. The number of morpholine rings is 1. The van der Waals surface area contributed by atoms with Crippen LogP contribution in [0.5, 0.6) is 0 Å². The predicted molar refractivity (Wildman–Crippen MR) is 124 cm³/mol. The largest absolute Gasteiger partial charge is 0.374 e. The molecule has 0 bridgehead atoms. The topological polar surface area (TPSA) is 104 Å². The molecule has 1 atom stereocenters. The van der Waals surface area contributed by atoms with E-state index < -0.39 is 0 Å². The minimum atomic E-state index is 0.0885. The van der Waals surface area contributed by atoms with Crippen molar-refractivity contribution in [3.63, 3.8) is 0 Å². The zero-order valence-electron chi connectivity index (χ0n) is 18.0. The molecule has 0 unspecified atom stereocenters. The van der Waals surface area contributed by atoms with Crippen LogP contribution in [0.25, 0.3) is 16.6 Å². The van der Waals surface area contributed by atoms with Gasteiger partial charge in [0, 0.05) is 45.9 Å². The van der Waals surface area contributed by atoms with Gasteiger partial charge < -0.3 is 10.1 Å². The van der Waals surface area contributed by atoms with Crippen molar-refractivity contribution in [1.29, 1.82) is 10.5 Å². The number of nitrogens with zero attached hydrogens (tertiary/aromatic N) is 6. The molecule has 8 nitrogen and oxygen atoms in total. The first kappa shape index (κ1) is 21.2. The first-order valence-electron chi connectivity index (χ1n) is 10.6. The fourth-order valence-electron chi connectivity index (χ4n) is 4.00. The highest BCUT2D eigenvalue weighted by Crippen LogP contribution is 2.37. The summed E-state index contributed by atoms with van der Waals surface area (Å²) in [5, 5.41) is 31.5. The van der Waals surface area contributed by atoms with Gasteiger partial charge in [-0.3, -0.25) is 4.68 Å². The molecule has 9 heteroatoms. The summed E-state index contributed by atoms with van der Waals surface area (Å²) >= 11 is 1.46. The molecule has 1 aliphatic rings. The van der Waals surface area contributed by atoms with Gasteiger partial charge in [0.05, 0.1) is 48.3 Å². The molecule has 1 fully saturated rings. The third-order valence-corrected chi connectivity index (χ3v) is 6.83. The fraction of sp³-hybridized carbons (Fsp3) is 0.250. The highest BCUT2D eigenvalue weighted by molar-refractivity contribution is 7.99. The Kier molecular flexibility index (Phi) is 5.84. The third kappa shape index (κ3) is 4.10. The molecule has 1 saturated heterocycles. The Morgan fingerprint density at radius 3 is 2.79 bits per heavy atom. The summed E-state index contributed by atoms with van der Waals surface area (Å²) in [6.07, 6.45) is 5.44. The standard InChI is InChI=1S/C24H21N7OS/c1-16-21(13-29-30(16)15-20-12-27-6-7-32-20)18-8-23(24-19(10-26)11-28-31(24)14-18)33-22-5-3-2-4-17(22)9-25/h2-5,8,11,13-14,20,27H,6-7,12,15H2,1H3/t20-/m1/s1. The van der Waals surface area contributed by atoms with Crippen molar-refractivity contribution < 1.29 is 4.74 Å². The molecule has 1 aromatic carbocycles. The van der Waals surface area contributed by atoms with Gasteiger partial charge in [0.15, 0.2) is 0 Å². The number of benzene rings is 1. The maximum atomic E-state index is 9.61. The number of hydrogen-bond acceptors (Lipinski definition) is 7. The second-order valence-electron chi connectivity index (χ2n) is 7.79. The van der Waals surface area contributed by atoms with Gasteiger partial charge in [-0.2, -0.15) is 20.7 Å². The van der Waals surface area contributed by atoms with Gasteiger partial charge >= 0.3 is 0 Å². The van der Waals surface area contributed by atoms with E-state index in [0.29, 0.717) is 24.3 Å². The molecule has 164 valence electrons. The lowest BCUT2D eigenvalue weighted by molar-refractivity contribution is 0.0158. The van der Waals surface area contributed by atoms with Crippen molar-refractivity contribution >= 4 is 17.3 Å². The van der Waals surface area contributed by atoms with E-state index in [9.17, 15) is 10.5 Å². The van der Waals surface area contributed by atoms with Gasteiger partial charge in [-0.1, -0.05) is 23.9 Å². The Morgan fingerprint density at radius 1 is 1.15 bits per heavy atom. The first-order chi connectivity index (χ1) is 16.2. The quantitative estimate of drug-likeness (QED) is 0.492. The van der Waals surface area contributed by atoms with Gasteiger partial charge in [-0.05, 0) is 25.1 Å². The van der Waals surface area contributed by atoms with Crippen LogP contribution in [0.2, 0.25) is 0 Å². The summed E-state index contributed by atoms with van der Waals surface area (Å²) in [6, 6.07) is 14.0. The average molecular weight is 456 g/mol. The Balaban J connectivity index is 1.56. The minimum absolute atomic E-state index is 0.0885. The Hall–Kier alpha value is -3.63. The molecule has 0 spiro atoms. The maximum absolute atomic E-state index is 9.61. The van der Waals surface area contributed by atoms with Crippen molar-refractivity contribution in [1.82, 2.24) is 24.7 Å². The smallest absolute Gasteiger partial charge is 0.103 e. The van der Waals surface area contributed by atoms with Crippen LogP contribution in [-0.2, 0) is 11.3 Å². The van der Waals surface area contributed by atoms with E-state index in [-0.39, 0.29) is 6.10 Å². The minimum Gasteiger partial charge on any atom is -0.374 e. The van der Waals surface area contributed by atoms with Crippen molar-refractivity contribution in [2.24, 2.45) is 0 Å². The lowest BCUT2D eigenvalue weighted by Gasteiger charge is -2.24. The maximum Gasteiger partial charge on any atom is 0.103 e. The van der Waals surface area contributed by atoms with E-state index >= 15 is 0 Å².